The SMILES string of the molecule is CC(C)(C)c1ccc(OCC(=O)NCC(c2ccsc2)N2CCCC2)cc1. The lowest BCUT2D eigenvalue weighted by Crippen LogP contribution is -2.38. The summed E-state index contributed by atoms with van der Waals surface area (Å²) < 4.78 is 5.66. The van der Waals surface area contributed by atoms with E-state index in [-0.39, 0.29) is 24.0 Å². The van der Waals surface area contributed by atoms with Crippen molar-refractivity contribution in [3.8, 4) is 5.75 Å². The molecule has 2 aromatic rings. The fourth-order valence-electron chi connectivity index (χ4n) is 3.44. The number of carbonyl (C=O) groups excluding carboxylic acids is 1. The Morgan fingerprint density at radius 1 is 1.19 bits per heavy atom. The van der Waals surface area contributed by atoms with Crippen molar-refractivity contribution in [1.82, 2.24) is 10.2 Å². The van der Waals surface area contributed by atoms with Gasteiger partial charge in [0.1, 0.15) is 5.75 Å². The van der Waals surface area contributed by atoms with Crippen molar-refractivity contribution in [1.29, 1.82) is 0 Å². The first-order chi connectivity index (χ1) is 12.9. The third kappa shape index (κ3) is 5.56. The van der Waals surface area contributed by atoms with Crippen LogP contribution in [0.15, 0.2) is 41.1 Å². The summed E-state index contributed by atoms with van der Waals surface area (Å²) in [6.45, 7) is 9.43. The Hall–Kier alpha value is -1.85. The Bertz CT molecular complexity index is 714. The van der Waals surface area contributed by atoms with Crippen molar-refractivity contribution >= 4 is 17.2 Å². The molecule has 1 saturated heterocycles. The Kier molecular flexibility index (Phi) is 6.55. The van der Waals surface area contributed by atoms with E-state index in [0.717, 1.165) is 18.8 Å². The van der Waals surface area contributed by atoms with E-state index >= 15 is 0 Å². The summed E-state index contributed by atoms with van der Waals surface area (Å²) in [6.07, 6.45) is 2.48. The number of ether oxygens (including phenoxy) is 1. The second-order valence-corrected chi connectivity index (χ2v) is 8.96. The van der Waals surface area contributed by atoms with E-state index in [4.69, 9.17) is 4.74 Å². The molecule has 0 saturated carbocycles. The average molecular weight is 387 g/mol. The number of likely N-dealkylation sites (tertiary alicyclic amines) is 1. The monoisotopic (exact) mass is 386 g/mol. The minimum atomic E-state index is -0.0747. The predicted octanol–water partition coefficient (Wildman–Crippen LogP) is 4.38. The average Bonchev–Trinajstić information content (AvgIpc) is 3.34. The van der Waals surface area contributed by atoms with Gasteiger partial charge in [0.25, 0.3) is 5.91 Å². The smallest absolute Gasteiger partial charge is 0.258 e. The molecule has 1 unspecified atom stereocenters. The Balaban J connectivity index is 1.49. The number of thiophene rings is 1. The predicted molar refractivity (Wildman–Crippen MR) is 112 cm³/mol. The highest BCUT2D eigenvalue weighted by Crippen LogP contribution is 2.26. The molecule has 0 spiro atoms. The Morgan fingerprint density at radius 3 is 2.48 bits per heavy atom. The van der Waals surface area contributed by atoms with Crippen LogP contribution in [0.25, 0.3) is 0 Å². The number of rotatable bonds is 7. The summed E-state index contributed by atoms with van der Waals surface area (Å²) in [5, 5.41) is 7.34. The van der Waals surface area contributed by atoms with Crippen molar-refractivity contribution in [2.45, 2.75) is 45.1 Å². The van der Waals surface area contributed by atoms with Crippen LogP contribution in [0.4, 0.5) is 0 Å². The van der Waals surface area contributed by atoms with Gasteiger partial charge < -0.3 is 10.1 Å². The largest absolute Gasteiger partial charge is 0.484 e. The van der Waals surface area contributed by atoms with Gasteiger partial charge in [-0.2, -0.15) is 11.3 Å². The van der Waals surface area contributed by atoms with Crippen LogP contribution < -0.4 is 10.1 Å². The number of nitrogens with one attached hydrogen (secondary N) is 1. The van der Waals surface area contributed by atoms with Gasteiger partial charge in [-0.3, -0.25) is 9.69 Å². The van der Waals surface area contributed by atoms with Crippen molar-refractivity contribution in [3.63, 3.8) is 0 Å². The molecule has 5 heteroatoms. The third-order valence-corrected chi connectivity index (χ3v) is 5.79. The third-order valence-electron chi connectivity index (χ3n) is 5.09. The molecule has 1 aliphatic heterocycles. The number of carbonyl (C=O) groups is 1. The molecule has 0 aliphatic carbocycles. The van der Waals surface area contributed by atoms with Crippen molar-refractivity contribution in [2.24, 2.45) is 0 Å². The second kappa shape index (κ2) is 8.89. The first kappa shape index (κ1) is 19.9. The molecular formula is C22H30N2O2S. The van der Waals surface area contributed by atoms with Crippen LogP contribution in [-0.4, -0.2) is 37.0 Å². The highest BCUT2D eigenvalue weighted by molar-refractivity contribution is 7.07. The van der Waals surface area contributed by atoms with Gasteiger partial charge in [0.15, 0.2) is 6.61 Å². The topological polar surface area (TPSA) is 41.6 Å². The Morgan fingerprint density at radius 2 is 1.89 bits per heavy atom. The molecular weight excluding hydrogens is 356 g/mol. The van der Waals surface area contributed by atoms with Gasteiger partial charge in [-0.25, -0.2) is 0 Å². The summed E-state index contributed by atoms with van der Waals surface area (Å²) in [4.78, 5) is 14.7. The van der Waals surface area contributed by atoms with Crippen LogP contribution in [0, 0.1) is 0 Å². The number of amides is 1. The normalized spacial score (nSPS) is 16.3. The second-order valence-electron chi connectivity index (χ2n) is 8.18. The first-order valence-electron chi connectivity index (χ1n) is 9.70. The molecule has 1 aliphatic rings. The lowest BCUT2D eigenvalue weighted by molar-refractivity contribution is -0.123. The van der Waals surface area contributed by atoms with Crippen molar-refractivity contribution < 1.29 is 9.53 Å². The Labute approximate surface area is 166 Å². The lowest BCUT2D eigenvalue weighted by atomic mass is 9.87. The fraction of sp³-hybridized carbons (Fsp3) is 0.500. The molecule has 1 aromatic carbocycles. The van der Waals surface area contributed by atoms with E-state index in [0.29, 0.717) is 6.54 Å². The van der Waals surface area contributed by atoms with Crippen molar-refractivity contribution in [2.75, 3.05) is 26.2 Å². The van der Waals surface area contributed by atoms with Crippen LogP contribution in [0.1, 0.15) is 50.8 Å². The standard InChI is InChI=1S/C22H30N2O2S/c1-22(2,3)18-6-8-19(9-7-18)26-15-21(25)23-14-20(17-10-13-27-16-17)24-11-4-5-12-24/h6-10,13,16,20H,4-5,11-12,14-15H2,1-3H3,(H,23,25). The molecule has 27 heavy (non-hydrogen) atoms. The van der Waals surface area contributed by atoms with Gasteiger partial charge in [-0.1, -0.05) is 32.9 Å². The molecule has 3 rings (SSSR count). The minimum Gasteiger partial charge on any atom is -0.484 e. The number of nitrogens with zero attached hydrogens (tertiary/aromatic N) is 1. The maximum atomic E-state index is 12.3. The molecule has 1 amide bonds. The maximum Gasteiger partial charge on any atom is 0.258 e. The number of hydrogen-bond acceptors (Lipinski definition) is 4. The highest BCUT2D eigenvalue weighted by Gasteiger charge is 2.24. The molecule has 0 radical (unpaired) electrons. The summed E-state index contributed by atoms with van der Waals surface area (Å²) in [7, 11) is 0. The quantitative estimate of drug-likeness (QED) is 0.768. The summed E-state index contributed by atoms with van der Waals surface area (Å²) in [5.74, 6) is 0.654. The number of benzene rings is 1. The zero-order chi connectivity index (χ0) is 19.3. The molecule has 146 valence electrons. The molecule has 2 heterocycles. The van der Waals surface area contributed by atoms with E-state index in [1.807, 2.05) is 12.1 Å². The van der Waals surface area contributed by atoms with Crippen LogP contribution in [0.3, 0.4) is 0 Å². The van der Waals surface area contributed by atoms with Crippen LogP contribution >= 0.6 is 11.3 Å². The van der Waals surface area contributed by atoms with E-state index in [1.54, 1.807) is 11.3 Å². The number of hydrogen-bond donors (Lipinski definition) is 1. The van der Waals surface area contributed by atoms with E-state index < -0.39 is 0 Å². The van der Waals surface area contributed by atoms with E-state index in [2.05, 4.69) is 59.9 Å². The van der Waals surface area contributed by atoms with Gasteiger partial charge >= 0.3 is 0 Å². The van der Waals surface area contributed by atoms with Gasteiger partial charge in [0, 0.05) is 6.54 Å². The van der Waals surface area contributed by atoms with E-state index in [9.17, 15) is 4.79 Å². The molecule has 1 fully saturated rings. The van der Waals surface area contributed by atoms with Gasteiger partial charge in [-0.05, 0) is 71.4 Å². The lowest BCUT2D eigenvalue weighted by Gasteiger charge is -2.27. The van der Waals surface area contributed by atoms with Crippen LogP contribution in [0.2, 0.25) is 0 Å². The fourth-order valence-corrected chi connectivity index (χ4v) is 4.14. The molecule has 4 nitrogen and oxygen atoms in total. The van der Waals surface area contributed by atoms with Crippen LogP contribution in [0.5, 0.6) is 5.75 Å². The van der Waals surface area contributed by atoms with E-state index in [1.165, 1.54) is 24.0 Å². The van der Waals surface area contributed by atoms with Gasteiger partial charge in [0.2, 0.25) is 0 Å². The summed E-state index contributed by atoms with van der Waals surface area (Å²) in [5.41, 5.74) is 2.66. The van der Waals surface area contributed by atoms with Crippen LogP contribution in [-0.2, 0) is 10.2 Å². The zero-order valence-corrected chi connectivity index (χ0v) is 17.3. The van der Waals surface area contributed by atoms with Gasteiger partial charge in [0.05, 0.1) is 6.04 Å². The van der Waals surface area contributed by atoms with Gasteiger partial charge in [-0.15, -0.1) is 0 Å². The van der Waals surface area contributed by atoms with Crippen molar-refractivity contribution in [3.05, 3.63) is 52.2 Å². The molecule has 1 aromatic heterocycles. The highest BCUT2D eigenvalue weighted by atomic mass is 32.1. The first-order valence-corrected chi connectivity index (χ1v) is 10.6. The molecule has 1 atom stereocenters. The molecule has 0 bridgehead atoms. The summed E-state index contributed by atoms with van der Waals surface area (Å²) >= 11 is 1.71. The minimum absolute atomic E-state index is 0.0468. The molecule has 1 N–H and O–H groups in total. The summed E-state index contributed by atoms with van der Waals surface area (Å²) in [6, 6.07) is 10.4. The maximum absolute atomic E-state index is 12.3. The zero-order valence-electron chi connectivity index (χ0n) is 16.5.